The highest BCUT2D eigenvalue weighted by Crippen LogP contribution is 2.12. The van der Waals surface area contributed by atoms with Gasteiger partial charge in [0, 0.05) is 26.2 Å². The molecule has 7 heteroatoms. The molecule has 1 atom stereocenters. The van der Waals surface area contributed by atoms with Crippen molar-refractivity contribution in [1.82, 2.24) is 15.2 Å². The highest BCUT2D eigenvalue weighted by atomic mass is 16.6. The van der Waals surface area contributed by atoms with Gasteiger partial charge in [-0.05, 0) is 27.7 Å². The van der Waals surface area contributed by atoms with Crippen LogP contribution < -0.4 is 11.3 Å². The van der Waals surface area contributed by atoms with Crippen LogP contribution in [-0.4, -0.2) is 59.6 Å². The summed E-state index contributed by atoms with van der Waals surface area (Å²) < 4.78 is 5.31. The monoisotopic (exact) mass is 272 g/mol. The molecule has 0 aromatic rings. The van der Waals surface area contributed by atoms with E-state index in [0.717, 1.165) is 0 Å². The molecule has 1 fully saturated rings. The highest BCUT2D eigenvalue weighted by Gasteiger charge is 2.29. The molecule has 1 heterocycles. The van der Waals surface area contributed by atoms with Crippen molar-refractivity contribution in [3.63, 3.8) is 0 Å². The normalized spacial score (nSPS) is 18.9. The number of nitrogens with two attached hydrogens (primary N) is 1. The maximum Gasteiger partial charge on any atom is 0.410 e. The molecule has 3 N–H and O–H groups in total. The van der Waals surface area contributed by atoms with E-state index in [4.69, 9.17) is 10.6 Å². The second kappa shape index (κ2) is 6.21. The number of hydrogen-bond acceptors (Lipinski definition) is 5. The average Bonchev–Trinajstić information content (AvgIpc) is 2.35. The van der Waals surface area contributed by atoms with Crippen LogP contribution in [0.5, 0.6) is 0 Å². The average molecular weight is 272 g/mol. The summed E-state index contributed by atoms with van der Waals surface area (Å²) in [5.41, 5.74) is 1.66. The number of hydrogen-bond donors (Lipinski definition) is 2. The zero-order valence-corrected chi connectivity index (χ0v) is 12.1. The van der Waals surface area contributed by atoms with Gasteiger partial charge >= 0.3 is 6.09 Å². The third-order valence-electron chi connectivity index (χ3n) is 3.04. The summed E-state index contributed by atoms with van der Waals surface area (Å²) in [6.07, 6.45) is -0.303. The Balaban J connectivity index is 2.45. The zero-order valence-electron chi connectivity index (χ0n) is 12.1. The summed E-state index contributed by atoms with van der Waals surface area (Å²) >= 11 is 0. The van der Waals surface area contributed by atoms with Crippen LogP contribution in [-0.2, 0) is 9.53 Å². The Kier molecular flexibility index (Phi) is 5.13. The lowest BCUT2D eigenvalue weighted by Gasteiger charge is -2.37. The second-order valence-corrected chi connectivity index (χ2v) is 5.69. The van der Waals surface area contributed by atoms with Gasteiger partial charge < -0.3 is 9.64 Å². The standard InChI is InChI=1S/C12H24N4O3/c1-9(10(17)14-13)15-5-7-16(8-6-15)11(18)19-12(2,3)4/h9H,5-8,13H2,1-4H3,(H,14,17)/t9-/m0/s1. The van der Waals surface area contributed by atoms with E-state index in [9.17, 15) is 9.59 Å². The van der Waals surface area contributed by atoms with Crippen LogP contribution in [0.3, 0.4) is 0 Å². The van der Waals surface area contributed by atoms with Gasteiger partial charge in [0.15, 0.2) is 0 Å². The SMILES string of the molecule is C[C@@H](C(=O)NN)N1CCN(C(=O)OC(C)(C)C)CC1. The molecule has 1 aliphatic rings. The van der Waals surface area contributed by atoms with E-state index in [2.05, 4.69) is 5.43 Å². The Morgan fingerprint density at radius 1 is 1.21 bits per heavy atom. The number of nitrogens with zero attached hydrogens (tertiary/aromatic N) is 2. The lowest BCUT2D eigenvalue weighted by molar-refractivity contribution is -0.126. The van der Waals surface area contributed by atoms with Crippen molar-refractivity contribution < 1.29 is 14.3 Å². The van der Waals surface area contributed by atoms with Crippen LogP contribution in [0.2, 0.25) is 0 Å². The maximum atomic E-state index is 11.9. The summed E-state index contributed by atoms with van der Waals surface area (Å²) in [6, 6.07) is -0.286. The molecule has 0 aliphatic carbocycles. The first-order valence-electron chi connectivity index (χ1n) is 6.47. The summed E-state index contributed by atoms with van der Waals surface area (Å²) in [5, 5.41) is 0. The van der Waals surface area contributed by atoms with Crippen LogP contribution >= 0.6 is 0 Å². The topological polar surface area (TPSA) is 87.9 Å². The van der Waals surface area contributed by atoms with E-state index < -0.39 is 5.60 Å². The van der Waals surface area contributed by atoms with Gasteiger partial charge in [0.1, 0.15) is 5.60 Å². The molecule has 0 radical (unpaired) electrons. The molecular formula is C12H24N4O3. The number of nitrogens with one attached hydrogen (secondary N) is 1. The molecule has 0 aromatic heterocycles. The molecule has 0 spiro atoms. The van der Waals surface area contributed by atoms with Gasteiger partial charge in [-0.1, -0.05) is 0 Å². The minimum atomic E-state index is -0.485. The predicted molar refractivity (Wildman–Crippen MR) is 71.2 cm³/mol. The van der Waals surface area contributed by atoms with Gasteiger partial charge in [-0.2, -0.15) is 0 Å². The lowest BCUT2D eigenvalue weighted by atomic mass is 10.2. The van der Waals surface area contributed by atoms with Crippen LogP contribution in [0.1, 0.15) is 27.7 Å². The highest BCUT2D eigenvalue weighted by molar-refractivity contribution is 5.80. The first kappa shape index (κ1) is 15.7. The van der Waals surface area contributed by atoms with E-state index >= 15 is 0 Å². The van der Waals surface area contributed by atoms with Crippen molar-refractivity contribution in [2.45, 2.75) is 39.3 Å². The number of rotatable bonds is 2. The summed E-state index contributed by atoms with van der Waals surface area (Å²) in [7, 11) is 0. The van der Waals surface area contributed by atoms with E-state index in [1.54, 1.807) is 11.8 Å². The van der Waals surface area contributed by atoms with Gasteiger partial charge in [0.2, 0.25) is 0 Å². The van der Waals surface area contributed by atoms with E-state index in [0.29, 0.717) is 26.2 Å². The fraction of sp³-hybridized carbons (Fsp3) is 0.833. The van der Waals surface area contributed by atoms with Crippen molar-refractivity contribution in [3.8, 4) is 0 Å². The van der Waals surface area contributed by atoms with Crippen LogP contribution in [0.25, 0.3) is 0 Å². The first-order chi connectivity index (χ1) is 8.74. The van der Waals surface area contributed by atoms with E-state index in [1.807, 2.05) is 25.7 Å². The Hall–Kier alpha value is -1.34. The number of amides is 2. The van der Waals surface area contributed by atoms with Crippen LogP contribution in [0.4, 0.5) is 4.79 Å². The first-order valence-corrected chi connectivity index (χ1v) is 6.47. The van der Waals surface area contributed by atoms with E-state index in [1.165, 1.54) is 0 Å². The lowest BCUT2D eigenvalue weighted by Crippen LogP contribution is -2.56. The second-order valence-electron chi connectivity index (χ2n) is 5.69. The molecule has 110 valence electrons. The van der Waals surface area contributed by atoms with Crippen molar-refractivity contribution >= 4 is 12.0 Å². The molecule has 1 aliphatic heterocycles. The van der Waals surface area contributed by atoms with E-state index in [-0.39, 0.29) is 18.0 Å². The van der Waals surface area contributed by atoms with Crippen molar-refractivity contribution in [1.29, 1.82) is 0 Å². The Labute approximate surface area is 114 Å². The largest absolute Gasteiger partial charge is 0.444 e. The molecule has 0 aromatic carbocycles. The molecular weight excluding hydrogens is 248 g/mol. The quantitative estimate of drug-likeness (QED) is 0.417. The van der Waals surface area contributed by atoms with Crippen molar-refractivity contribution in [3.05, 3.63) is 0 Å². The Morgan fingerprint density at radius 2 is 1.74 bits per heavy atom. The van der Waals surface area contributed by atoms with Crippen LogP contribution in [0.15, 0.2) is 0 Å². The molecule has 19 heavy (non-hydrogen) atoms. The van der Waals surface area contributed by atoms with Gasteiger partial charge in [-0.3, -0.25) is 15.1 Å². The molecule has 1 saturated heterocycles. The smallest absolute Gasteiger partial charge is 0.410 e. The minimum Gasteiger partial charge on any atom is -0.444 e. The molecule has 0 saturated carbocycles. The van der Waals surface area contributed by atoms with Gasteiger partial charge in [-0.25, -0.2) is 10.6 Å². The Bertz CT molecular complexity index is 332. The summed E-state index contributed by atoms with van der Waals surface area (Å²) in [6.45, 7) is 9.69. The predicted octanol–water partition coefficient (Wildman–Crippen LogP) is -0.0825. The summed E-state index contributed by atoms with van der Waals surface area (Å²) in [5.74, 6) is 4.90. The molecule has 1 rings (SSSR count). The number of ether oxygens (including phenoxy) is 1. The maximum absolute atomic E-state index is 11.9. The minimum absolute atomic E-state index is 0.217. The molecule has 7 nitrogen and oxygen atoms in total. The van der Waals surface area contributed by atoms with Crippen molar-refractivity contribution in [2.75, 3.05) is 26.2 Å². The fourth-order valence-corrected chi connectivity index (χ4v) is 1.90. The number of hydrazine groups is 1. The van der Waals surface area contributed by atoms with Crippen molar-refractivity contribution in [2.24, 2.45) is 5.84 Å². The van der Waals surface area contributed by atoms with Gasteiger partial charge in [0.05, 0.1) is 6.04 Å². The number of carbonyl (C=O) groups is 2. The molecule has 0 unspecified atom stereocenters. The molecule has 0 bridgehead atoms. The summed E-state index contributed by atoms with van der Waals surface area (Å²) in [4.78, 5) is 26.9. The number of carbonyl (C=O) groups excluding carboxylic acids is 2. The van der Waals surface area contributed by atoms with Gasteiger partial charge in [-0.15, -0.1) is 0 Å². The third-order valence-corrected chi connectivity index (χ3v) is 3.04. The Morgan fingerprint density at radius 3 is 2.16 bits per heavy atom. The van der Waals surface area contributed by atoms with Gasteiger partial charge in [0.25, 0.3) is 5.91 Å². The third kappa shape index (κ3) is 4.68. The molecule has 2 amide bonds. The fourth-order valence-electron chi connectivity index (χ4n) is 1.90. The zero-order chi connectivity index (χ0) is 14.6. The van der Waals surface area contributed by atoms with Crippen LogP contribution in [0, 0.1) is 0 Å². The number of piperazine rings is 1.